The third kappa shape index (κ3) is 9.12. The molecular formula is C32H47N3O4. The van der Waals surface area contributed by atoms with Crippen LogP contribution >= 0.6 is 0 Å². The van der Waals surface area contributed by atoms with Crippen molar-refractivity contribution in [1.82, 2.24) is 10.2 Å². The smallest absolute Gasteiger partial charge is 0.408 e. The maximum absolute atomic E-state index is 14.2. The molecule has 2 atom stereocenters. The standard InChI is InChI=1S/C32H47N3O4/c1-11-24-15-17-25(18-16-24)28(29(36)34-27-22(6)13-12-14-23(27)7)35(21(4)5)30(37)26(19-20(2)3)33-31(38)39-32(8,9)10/h12-18,20-21,26,28H,11,19H2,1-10H3,(H,33,38)(H,34,36). The van der Waals surface area contributed by atoms with E-state index in [0.717, 1.165) is 28.8 Å². The van der Waals surface area contributed by atoms with E-state index in [1.165, 1.54) is 0 Å². The Labute approximate surface area is 234 Å². The van der Waals surface area contributed by atoms with Gasteiger partial charge in [-0.25, -0.2) is 4.79 Å². The number of benzene rings is 2. The lowest BCUT2D eigenvalue weighted by atomic mass is 9.96. The van der Waals surface area contributed by atoms with E-state index >= 15 is 0 Å². The van der Waals surface area contributed by atoms with Crippen LogP contribution in [0.4, 0.5) is 10.5 Å². The molecule has 0 radical (unpaired) electrons. The van der Waals surface area contributed by atoms with Gasteiger partial charge in [-0.3, -0.25) is 9.59 Å². The molecule has 7 heteroatoms. The van der Waals surface area contributed by atoms with E-state index < -0.39 is 23.8 Å². The van der Waals surface area contributed by atoms with Gasteiger partial charge in [0.25, 0.3) is 5.91 Å². The van der Waals surface area contributed by atoms with Crippen LogP contribution in [0.1, 0.15) is 90.1 Å². The first-order chi connectivity index (χ1) is 18.1. The number of para-hydroxylation sites is 1. The fraction of sp³-hybridized carbons (Fsp3) is 0.531. The fourth-order valence-electron chi connectivity index (χ4n) is 4.58. The van der Waals surface area contributed by atoms with Crippen LogP contribution < -0.4 is 10.6 Å². The minimum atomic E-state index is -0.905. The van der Waals surface area contributed by atoms with Crippen LogP contribution in [-0.2, 0) is 20.7 Å². The van der Waals surface area contributed by atoms with Gasteiger partial charge in [0.1, 0.15) is 17.7 Å². The molecule has 3 amide bonds. The molecule has 0 aliphatic heterocycles. The third-order valence-corrected chi connectivity index (χ3v) is 6.47. The number of amides is 3. The SMILES string of the molecule is CCc1ccc(C(C(=O)Nc2c(C)cccc2C)N(C(=O)C(CC(C)C)NC(=O)OC(C)(C)C)C(C)C)cc1. The van der Waals surface area contributed by atoms with E-state index in [0.29, 0.717) is 12.0 Å². The number of nitrogens with zero attached hydrogens (tertiary/aromatic N) is 1. The first-order valence-corrected chi connectivity index (χ1v) is 13.9. The molecule has 0 spiro atoms. The number of anilines is 1. The molecule has 0 aliphatic carbocycles. The van der Waals surface area contributed by atoms with Crippen LogP contribution in [0.2, 0.25) is 0 Å². The van der Waals surface area contributed by atoms with Crippen molar-refractivity contribution in [3.8, 4) is 0 Å². The summed E-state index contributed by atoms with van der Waals surface area (Å²) in [5, 5.41) is 5.89. The molecule has 0 heterocycles. The van der Waals surface area contributed by atoms with E-state index in [9.17, 15) is 14.4 Å². The summed E-state index contributed by atoms with van der Waals surface area (Å²) in [5.41, 5.74) is 3.75. The molecule has 0 fully saturated rings. The lowest BCUT2D eigenvalue weighted by Gasteiger charge is -2.37. The molecule has 2 aromatic rings. The molecule has 2 aromatic carbocycles. The second kappa shape index (κ2) is 13.6. The van der Waals surface area contributed by atoms with Crippen molar-refractivity contribution < 1.29 is 19.1 Å². The molecule has 7 nitrogen and oxygen atoms in total. The number of rotatable bonds is 10. The molecule has 2 N–H and O–H groups in total. The Kier molecular flexibility index (Phi) is 11.1. The zero-order valence-electron chi connectivity index (χ0n) is 25.3. The van der Waals surface area contributed by atoms with Crippen LogP contribution in [0.25, 0.3) is 0 Å². The fourth-order valence-corrected chi connectivity index (χ4v) is 4.58. The maximum atomic E-state index is 14.2. The minimum Gasteiger partial charge on any atom is -0.444 e. The Morgan fingerprint density at radius 2 is 1.49 bits per heavy atom. The highest BCUT2D eigenvalue weighted by Crippen LogP contribution is 2.29. The van der Waals surface area contributed by atoms with E-state index in [-0.39, 0.29) is 23.8 Å². The second-order valence-corrected chi connectivity index (χ2v) is 11.9. The summed E-state index contributed by atoms with van der Waals surface area (Å²) in [5.74, 6) is -0.515. The molecule has 0 aromatic heterocycles. The zero-order chi connectivity index (χ0) is 29.5. The van der Waals surface area contributed by atoms with Crippen LogP contribution in [-0.4, -0.2) is 40.5 Å². The van der Waals surface area contributed by atoms with Gasteiger partial charge in [0.05, 0.1) is 0 Å². The van der Waals surface area contributed by atoms with Crippen LogP contribution in [0.3, 0.4) is 0 Å². The first-order valence-electron chi connectivity index (χ1n) is 13.9. The van der Waals surface area contributed by atoms with E-state index in [4.69, 9.17) is 4.74 Å². The monoisotopic (exact) mass is 537 g/mol. The molecule has 39 heavy (non-hydrogen) atoms. The van der Waals surface area contributed by atoms with Gasteiger partial charge in [-0.1, -0.05) is 63.2 Å². The van der Waals surface area contributed by atoms with Crippen molar-refractivity contribution in [3.63, 3.8) is 0 Å². The minimum absolute atomic E-state index is 0.119. The summed E-state index contributed by atoms with van der Waals surface area (Å²) in [6, 6.07) is 11.6. The lowest BCUT2D eigenvalue weighted by molar-refractivity contribution is -0.143. The molecule has 0 aliphatic rings. The number of nitrogens with one attached hydrogen (secondary N) is 2. The number of carbonyl (C=O) groups is 3. The highest BCUT2D eigenvalue weighted by atomic mass is 16.6. The highest BCUT2D eigenvalue weighted by molar-refractivity contribution is 6.00. The van der Waals surface area contributed by atoms with Gasteiger partial charge in [-0.05, 0) is 89.5 Å². The van der Waals surface area contributed by atoms with Crippen molar-refractivity contribution in [3.05, 3.63) is 64.7 Å². The van der Waals surface area contributed by atoms with Gasteiger partial charge < -0.3 is 20.3 Å². The van der Waals surface area contributed by atoms with Crippen molar-refractivity contribution in [2.24, 2.45) is 5.92 Å². The topological polar surface area (TPSA) is 87.7 Å². The maximum Gasteiger partial charge on any atom is 0.408 e. The number of carbonyl (C=O) groups excluding carboxylic acids is 3. The van der Waals surface area contributed by atoms with Crippen molar-refractivity contribution in [2.75, 3.05) is 5.32 Å². The zero-order valence-corrected chi connectivity index (χ0v) is 25.3. The highest BCUT2D eigenvalue weighted by Gasteiger charge is 2.38. The second-order valence-electron chi connectivity index (χ2n) is 11.9. The van der Waals surface area contributed by atoms with E-state index in [2.05, 4.69) is 17.6 Å². The number of aryl methyl sites for hydroxylation is 3. The Bertz CT molecular complexity index is 1110. The van der Waals surface area contributed by atoms with Crippen LogP contribution in [0, 0.1) is 19.8 Å². The van der Waals surface area contributed by atoms with Gasteiger partial charge in [0.2, 0.25) is 5.91 Å². The van der Waals surface area contributed by atoms with Crippen LogP contribution in [0.5, 0.6) is 0 Å². The summed E-state index contributed by atoms with van der Waals surface area (Å²) >= 11 is 0. The summed E-state index contributed by atoms with van der Waals surface area (Å²) in [6.07, 6.45) is 0.610. The van der Waals surface area contributed by atoms with Crippen molar-refractivity contribution in [2.45, 2.75) is 106 Å². The molecule has 0 bridgehead atoms. The molecule has 214 valence electrons. The van der Waals surface area contributed by atoms with Gasteiger partial charge in [0, 0.05) is 11.7 Å². The average molecular weight is 538 g/mol. The Morgan fingerprint density at radius 1 is 0.923 bits per heavy atom. The largest absolute Gasteiger partial charge is 0.444 e. The van der Waals surface area contributed by atoms with Crippen molar-refractivity contribution >= 4 is 23.6 Å². The third-order valence-electron chi connectivity index (χ3n) is 6.47. The lowest BCUT2D eigenvalue weighted by Crippen LogP contribution is -2.54. The van der Waals surface area contributed by atoms with Gasteiger partial charge in [-0.15, -0.1) is 0 Å². The van der Waals surface area contributed by atoms with Gasteiger partial charge in [0.15, 0.2) is 0 Å². The molecule has 0 saturated heterocycles. The summed E-state index contributed by atoms with van der Waals surface area (Å²) in [6.45, 7) is 19.1. The summed E-state index contributed by atoms with van der Waals surface area (Å²) in [7, 11) is 0. The number of ether oxygens (including phenoxy) is 1. The van der Waals surface area contributed by atoms with Gasteiger partial charge >= 0.3 is 6.09 Å². The predicted octanol–water partition coefficient (Wildman–Crippen LogP) is 6.72. The normalized spacial score (nSPS) is 13.1. The Balaban J connectivity index is 2.57. The quantitative estimate of drug-likeness (QED) is 0.352. The van der Waals surface area contributed by atoms with Crippen molar-refractivity contribution in [1.29, 1.82) is 0 Å². The number of hydrogen-bond donors (Lipinski definition) is 2. The first kappa shape index (κ1) is 31.9. The Hall–Kier alpha value is -3.35. The average Bonchev–Trinajstić information content (AvgIpc) is 2.82. The van der Waals surface area contributed by atoms with E-state index in [1.807, 2.05) is 84.0 Å². The summed E-state index contributed by atoms with van der Waals surface area (Å²) in [4.78, 5) is 42.6. The van der Waals surface area contributed by atoms with Crippen LogP contribution in [0.15, 0.2) is 42.5 Å². The molecule has 2 rings (SSSR count). The molecular weight excluding hydrogens is 490 g/mol. The summed E-state index contributed by atoms with van der Waals surface area (Å²) < 4.78 is 5.46. The molecule has 0 saturated carbocycles. The Morgan fingerprint density at radius 3 is 1.95 bits per heavy atom. The van der Waals surface area contributed by atoms with Gasteiger partial charge in [-0.2, -0.15) is 0 Å². The number of hydrogen-bond acceptors (Lipinski definition) is 4. The van der Waals surface area contributed by atoms with E-state index in [1.54, 1.807) is 25.7 Å². The molecule has 2 unspecified atom stereocenters. The predicted molar refractivity (Wildman–Crippen MR) is 158 cm³/mol. The number of alkyl carbamates (subject to hydrolysis) is 1.